The van der Waals surface area contributed by atoms with Crippen LogP contribution in [-0.2, 0) is 4.79 Å². The zero-order valence-electron chi connectivity index (χ0n) is 10.8. The van der Waals surface area contributed by atoms with Crippen LogP contribution in [-0.4, -0.2) is 17.0 Å². The van der Waals surface area contributed by atoms with Crippen LogP contribution in [0.2, 0.25) is 0 Å². The Morgan fingerprint density at radius 1 is 1.06 bits per heavy atom. The lowest BCUT2D eigenvalue weighted by Gasteiger charge is -2.32. The highest BCUT2D eigenvalue weighted by atomic mass is 16.1. The maximum absolute atomic E-state index is 12.0. The Morgan fingerprint density at radius 3 is 2.31 bits per heavy atom. The molecule has 0 fully saturated rings. The van der Waals surface area contributed by atoms with Gasteiger partial charge in [0.15, 0.2) is 5.78 Å². The van der Waals surface area contributed by atoms with E-state index in [1.165, 1.54) is 5.57 Å². The summed E-state index contributed by atoms with van der Waals surface area (Å²) >= 11 is 0. The second kappa shape index (κ2) is 3.41. The Balaban J connectivity index is 2.63. The Kier molecular flexibility index (Phi) is 2.41. The van der Waals surface area contributed by atoms with Crippen molar-refractivity contribution in [1.29, 1.82) is 0 Å². The quantitative estimate of drug-likeness (QED) is 0.573. The number of ketones is 1. The van der Waals surface area contributed by atoms with Gasteiger partial charge in [-0.25, -0.2) is 0 Å². The first-order valence-electron chi connectivity index (χ1n) is 5.86. The summed E-state index contributed by atoms with van der Waals surface area (Å²) in [5.74, 6) is 0.200. The van der Waals surface area contributed by atoms with Gasteiger partial charge in [0, 0.05) is 11.1 Å². The lowest BCUT2D eigenvalue weighted by Crippen LogP contribution is -2.31. The van der Waals surface area contributed by atoms with Gasteiger partial charge < -0.3 is 0 Å². The van der Waals surface area contributed by atoms with Gasteiger partial charge in [-0.3, -0.25) is 9.79 Å². The number of hydrogen-bond donors (Lipinski definition) is 0. The maximum atomic E-state index is 12.0. The second-order valence-corrected chi connectivity index (χ2v) is 5.46. The van der Waals surface area contributed by atoms with Crippen LogP contribution in [0.4, 0.5) is 0 Å². The molecule has 1 aliphatic carbocycles. The number of fused-ring (bicyclic) bond motifs is 1. The van der Waals surface area contributed by atoms with E-state index in [4.69, 9.17) is 4.99 Å². The van der Waals surface area contributed by atoms with E-state index in [0.717, 1.165) is 35.3 Å². The lowest BCUT2D eigenvalue weighted by atomic mass is 9.79. The fourth-order valence-electron chi connectivity index (χ4n) is 2.42. The monoisotopic (exact) mass is 217 g/mol. The van der Waals surface area contributed by atoms with Crippen LogP contribution in [0.5, 0.6) is 0 Å². The summed E-state index contributed by atoms with van der Waals surface area (Å²) in [6.45, 7) is 10.2. The van der Waals surface area contributed by atoms with Gasteiger partial charge >= 0.3 is 0 Å². The van der Waals surface area contributed by atoms with Crippen molar-refractivity contribution in [1.82, 2.24) is 0 Å². The predicted molar refractivity (Wildman–Crippen MR) is 66.8 cm³/mol. The molecule has 0 atom stereocenters. The van der Waals surface area contributed by atoms with Crippen LogP contribution in [0.15, 0.2) is 27.3 Å². The van der Waals surface area contributed by atoms with E-state index in [9.17, 15) is 4.79 Å². The predicted octanol–water partition coefficient (Wildman–Crippen LogP) is 3.24. The topological polar surface area (TPSA) is 29.4 Å². The molecule has 1 aliphatic heterocycles. The summed E-state index contributed by atoms with van der Waals surface area (Å²) in [7, 11) is 0. The minimum Gasteiger partial charge on any atom is -0.289 e. The molecule has 2 rings (SSSR count). The first-order valence-corrected chi connectivity index (χ1v) is 5.86. The average molecular weight is 217 g/mol. The summed E-state index contributed by atoms with van der Waals surface area (Å²) in [4.78, 5) is 16.8. The summed E-state index contributed by atoms with van der Waals surface area (Å²) in [5, 5.41) is 0. The standard InChI is InChI=1S/C14H19NO/c1-8-9(2)13(16)10(3)11-6-7-14(4,5)15-12(8)11/h6-7H2,1-5H3. The molecular weight excluding hydrogens is 198 g/mol. The van der Waals surface area contributed by atoms with Crippen LogP contribution in [0.3, 0.4) is 0 Å². The Hall–Kier alpha value is -1.18. The number of allylic oxidation sites excluding steroid dienone is 4. The molecule has 2 nitrogen and oxygen atoms in total. The van der Waals surface area contributed by atoms with Crippen molar-refractivity contribution in [3.63, 3.8) is 0 Å². The van der Waals surface area contributed by atoms with Crippen molar-refractivity contribution in [2.24, 2.45) is 4.99 Å². The molecule has 0 N–H and O–H groups in total. The van der Waals surface area contributed by atoms with E-state index in [2.05, 4.69) is 13.8 Å². The molecule has 0 aromatic carbocycles. The molecule has 86 valence electrons. The minimum atomic E-state index is 0.0149. The Bertz CT molecular complexity index is 461. The number of carbonyl (C=O) groups is 1. The van der Waals surface area contributed by atoms with Gasteiger partial charge in [-0.1, -0.05) is 0 Å². The number of carbonyl (C=O) groups excluding carboxylic acids is 1. The Morgan fingerprint density at radius 2 is 1.69 bits per heavy atom. The molecule has 0 radical (unpaired) electrons. The van der Waals surface area contributed by atoms with Crippen molar-refractivity contribution in [3.05, 3.63) is 22.3 Å². The van der Waals surface area contributed by atoms with E-state index in [0.29, 0.717) is 0 Å². The summed E-state index contributed by atoms with van der Waals surface area (Å²) in [6.07, 6.45) is 2.01. The smallest absolute Gasteiger partial charge is 0.185 e. The van der Waals surface area contributed by atoms with Gasteiger partial charge in [0.1, 0.15) is 0 Å². The largest absolute Gasteiger partial charge is 0.289 e. The fourth-order valence-corrected chi connectivity index (χ4v) is 2.42. The van der Waals surface area contributed by atoms with Crippen LogP contribution < -0.4 is 0 Å². The number of aliphatic imine (C=N–C) groups is 1. The van der Waals surface area contributed by atoms with Crippen LogP contribution in [0, 0.1) is 0 Å². The van der Waals surface area contributed by atoms with Gasteiger partial charge in [-0.05, 0) is 58.6 Å². The number of Topliss-reactive ketones (excluding diaryl/α,β-unsaturated/α-hetero) is 1. The van der Waals surface area contributed by atoms with Gasteiger partial charge in [-0.2, -0.15) is 0 Å². The first kappa shape index (κ1) is 11.3. The molecular formula is C14H19NO. The van der Waals surface area contributed by atoms with Crippen LogP contribution in [0.1, 0.15) is 47.5 Å². The summed E-state index contributed by atoms with van der Waals surface area (Å²) < 4.78 is 0. The zero-order chi connectivity index (χ0) is 12.1. The van der Waals surface area contributed by atoms with E-state index >= 15 is 0 Å². The van der Waals surface area contributed by atoms with Gasteiger partial charge in [0.05, 0.1) is 11.3 Å². The van der Waals surface area contributed by atoms with Crippen molar-refractivity contribution in [3.8, 4) is 0 Å². The normalized spacial score (nSPS) is 24.6. The number of hydrogen-bond acceptors (Lipinski definition) is 2. The van der Waals surface area contributed by atoms with E-state index in [1.807, 2.05) is 20.8 Å². The van der Waals surface area contributed by atoms with Crippen molar-refractivity contribution >= 4 is 11.5 Å². The van der Waals surface area contributed by atoms with Crippen molar-refractivity contribution in [2.45, 2.75) is 53.0 Å². The lowest BCUT2D eigenvalue weighted by molar-refractivity contribution is -0.112. The average Bonchev–Trinajstić information content (AvgIpc) is 2.22. The number of rotatable bonds is 0. The second-order valence-electron chi connectivity index (χ2n) is 5.46. The highest BCUT2D eigenvalue weighted by Gasteiger charge is 2.32. The molecule has 2 aliphatic rings. The molecule has 16 heavy (non-hydrogen) atoms. The number of nitrogens with zero attached hydrogens (tertiary/aromatic N) is 1. The van der Waals surface area contributed by atoms with Crippen LogP contribution >= 0.6 is 0 Å². The highest BCUT2D eigenvalue weighted by Crippen LogP contribution is 2.35. The fraction of sp³-hybridized carbons (Fsp3) is 0.571. The third-order valence-corrected chi connectivity index (χ3v) is 3.74. The molecule has 0 unspecified atom stereocenters. The molecule has 2 heteroatoms. The van der Waals surface area contributed by atoms with E-state index in [1.54, 1.807) is 0 Å². The third kappa shape index (κ3) is 1.57. The molecule has 1 heterocycles. The molecule has 0 bridgehead atoms. The minimum absolute atomic E-state index is 0.0149. The first-order chi connectivity index (χ1) is 7.33. The third-order valence-electron chi connectivity index (χ3n) is 3.74. The van der Waals surface area contributed by atoms with Crippen molar-refractivity contribution in [2.75, 3.05) is 0 Å². The molecule has 0 amide bonds. The summed E-state index contributed by atoms with van der Waals surface area (Å²) in [6, 6.07) is 0. The van der Waals surface area contributed by atoms with E-state index in [-0.39, 0.29) is 11.3 Å². The maximum Gasteiger partial charge on any atom is 0.185 e. The molecule has 0 saturated carbocycles. The SMILES string of the molecule is CC1=C(C)C2=NC(C)(C)CCC2=C(C)C1=O. The zero-order valence-corrected chi connectivity index (χ0v) is 10.8. The molecule has 0 spiro atoms. The Labute approximate surface area is 97.1 Å². The van der Waals surface area contributed by atoms with Gasteiger partial charge in [0.2, 0.25) is 0 Å². The van der Waals surface area contributed by atoms with E-state index < -0.39 is 0 Å². The summed E-state index contributed by atoms with van der Waals surface area (Å²) in [5.41, 5.74) is 5.09. The molecule has 0 aromatic heterocycles. The molecule has 0 aromatic rings. The van der Waals surface area contributed by atoms with Crippen molar-refractivity contribution < 1.29 is 4.79 Å². The van der Waals surface area contributed by atoms with Gasteiger partial charge in [-0.15, -0.1) is 0 Å². The van der Waals surface area contributed by atoms with Gasteiger partial charge in [0.25, 0.3) is 0 Å². The van der Waals surface area contributed by atoms with Crippen LogP contribution in [0.25, 0.3) is 0 Å². The molecule has 0 saturated heterocycles. The highest BCUT2D eigenvalue weighted by molar-refractivity contribution is 6.26.